The Morgan fingerprint density at radius 3 is 1.23 bits per heavy atom. The zero-order valence-corrected chi connectivity index (χ0v) is 26.7. The highest BCUT2D eigenvalue weighted by atomic mass is 14.3. The van der Waals surface area contributed by atoms with Crippen molar-refractivity contribution in [3.63, 3.8) is 0 Å². The number of aryl methyl sites for hydroxylation is 4. The van der Waals surface area contributed by atoms with Crippen LogP contribution >= 0.6 is 0 Å². The maximum Gasteiger partial charge on any atom is -0.00258 e. The summed E-state index contributed by atoms with van der Waals surface area (Å²) in [7, 11) is 0. The van der Waals surface area contributed by atoms with Crippen molar-refractivity contribution in [2.45, 2.75) is 119 Å². The highest BCUT2D eigenvalue weighted by Gasteiger charge is 2.24. The molecule has 0 N–H and O–H groups in total. The minimum Gasteiger partial charge on any atom is -0.0625 e. The molecule has 0 aliphatic heterocycles. The maximum absolute atomic E-state index is 2.43. The average Bonchev–Trinajstić information content (AvgIpc) is 2.98. The first kappa shape index (κ1) is 32.2. The van der Waals surface area contributed by atoms with Crippen LogP contribution in [0.15, 0.2) is 72.8 Å². The van der Waals surface area contributed by atoms with Crippen LogP contribution in [-0.2, 0) is 19.3 Å². The van der Waals surface area contributed by atoms with Crippen LogP contribution in [0.25, 0.3) is 0 Å². The van der Waals surface area contributed by atoms with Gasteiger partial charge < -0.3 is 0 Å². The van der Waals surface area contributed by atoms with Crippen LogP contribution < -0.4 is 0 Å². The molecule has 0 amide bonds. The van der Waals surface area contributed by atoms with Crippen molar-refractivity contribution in [2.24, 2.45) is 23.7 Å². The van der Waals surface area contributed by atoms with Crippen LogP contribution in [-0.4, -0.2) is 0 Å². The zero-order chi connectivity index (χ0) is 28.7. The topological polar surface area (TPSA) is 0 Å². The Morgan fingerprint density at radius 1 is 0.500 bits per heavy atom. The van der Waals surface area contributed by atoms with Crippen molar-refractivity contribution in [1.29, 1.82) is 0 Å². The van der Waals surface area contributed by atoms with E-state index in [9.17, 15) is 0 Å². The fraction of sp³-hybridized carbons (Fsp3) is 0.550. The lowest BCUT2D eigenvalue weighted by Crippen LogP contribution is -2.19. The summed E-state index contributed by atoms with van der Waals surface area (Å²) < 4.78 is 0. The van der Waals surface area contributed by atoms with Gasteiger partial charge in [-0.1, -0.05) is 163 Å². The second kappa shape index (κ2) is 17.5. The predicted octanol–water partition coefficient (Wildman–Crippen LogP) is 11.7. The largest absolute Gasteiger partial charge is 0.0625 e. The van der Waals surface area contributed by atoms with Crippen molar-refractivity contribution in [3.05, 3.63) is 106 Å². The van der Waals surface area contributed by atoms with E-state index < -0.39 is 0 Å². The van der Waals surface area contributed by atoms with Gasteiger partial charge in [0.25, 0.3) is 0 Å². The van der Waals surface area contributed by atoms with Gasteiger partial charge in [0.15, 0.2) is 0 Å². The van der Waals surface area contributed by atoms with E-state index in [4.69, 9.17) is 0 Å². The molecule has 40 heavy (non-hydrogen) atoms. The lowest BCUT2D eigenvalue weighted by atomic mass is 9.74. The molecule has 0 heterocycles. The fourth-order valence-electron chi connectivity index (χ4n) is 6.32. The molecule has 0 unspecified atom stereocenters. The average molecular weight is 539 g/mol. The molecular formula is C40H58. The number of hydrogen-bond donors (Lipinski definition) is 0. The van der Waals surface area contributed by atoms with Crippen LogP contribution in [0.4, 0.5) is 0 Å². The summed E-state index contributed by atoms with van der Waals surface area (Å²) >= 11 is 0. The second-order valence-corrected chi connectivity index (χ2v) is 13.2. The van der Waals surface area contributed by atoms with E-state index in [2.05, 4.69) is 114 Å². The maximum atomic E-state index is 2.43. The van der Waals surface area contributed by atoms with E-state index in [0.717, 1.165) is 42.9 Å². The van der Waals surface area contributed by atoms with Gasteiger partial charge >= 0.3 is 0 Å². The molecule has 5 rings (SSSR count). The first-order valence-electron chi connectivity index (χ1n) is 16.5. The van der Waals surface area contributed by atoms with Gasteiger partial charge in [0, 0.05) is 0 Å². The Labute approximate surface area is 248 Å². The van der Waals surface area contributed by atoms with E-state index in [-0.39, 0.29) is 0 Å². The molecule has 3 aromatic rings. The van der Waals surface area contributed by atoms with Crippen molar-refractivity contribution in [2.75, 3.05) is 0 Å². The monoisotopic (exact) mass is 538 g/mol. The Morgan fingerprint density at radius 2 is 0.875 bits per heavy atom. The van der Waals surface area contributed by atoms with Gasteiger partial charge in [0.2, 0.25) is 0 Å². The summed E-state index contributed by atoms with van der Waals surface area (Å²) in [6, 6.07) is 26.3. The Hall–Kier alpha value is -2.34. The molecule has 0 spiro atoms. The third-order valence-electron chi connectivity index (χ3n) is 9.39. The minimum absolute atomic E-state index is 1.02. The van der Waals surface area contributed by atoms with E-state index >= 15 is 0 Å². The van der Waals surface area contributed by atoms with Gasteiger partial charge in [-0.25, -0.2) is 0 Å². The third-order valence-corrected chi connectivity index (χ3v) is 9.39. The molecular weight excluding hydrogens is 480 g/mol. The molecule has 0 radical (unpaired) electrons. The zero-order valence-electron chi connectivity index (χ0n) is 26.7. The summed E-state index contributed by atoms with van der Waals surface area (Å²) in [5.41, 5.74) is 8.29. The molecule has 0 heteroatoms. The predicted molar refractivity (Wildman–Crippen MR) is 177 cm³/mol. The molecule has 0 nitrogen and oxygen atoms in total. The summed E-state index contributed by atoms with van der Waals surface area (Å²) in [6.07, 6.45) is 17.1. The van der Waals surface area contributed by atoms with E-state index in [1.165, 1.54) is 84.7 Å². The van der Waals surface area contributed by atoms with Gasteiger partial charge in [0.1, 0.15) is 0 Å². The number of benzene rings is 3. The highest BCUT2D eigenvalue weighted by molar-refractivity contribution is 5.29. The molecule has 218 valence electrons. The summed E-state index contributed by atoms with van der Waals surface area (Å²) in [4.78, 5) is 0. The van der Waals surface area contributed by atoms with E-state index in [0.29, 0.717) is 0 Å². The third kappa shape index (κ3) is 12.0. The van der Waals surface area contributed by atoms with Crippen molar-refractivity contribution >= 4 is 0 Å². The normalized spacial score (nSPS) is 22.4. The lowest BCUT2D eigenvalue weighted by Gasteiger charge is -2.32. The first-order valence-corrected chi connectivity index (χ1v) is 16.5. The molecule has 0 atom stereocenters. The standard InChI is InChI=1S/C15H28.C15H16.C10H14/c2*1-12-3-7-14(8-4-12)11-15-9-5-13(2)6-10-15;1-3-9-6-5-7-10(4-2)8-9/h12-15H,3-11H2,1-2H3;3-10H,11H2,1-2H3;5-8H,3-4H2,1-2H3. The summed E-state index contributed by atoms with van der Waals surface area (Å²) in [5, 5.41) is 0. The van der Waals surface area contributed by atoms with Crippen molar-refractivity contribution in [3.8, 4) is 0 Å². The van der Waals surface area contributed by atoms with Gasteiger partial charge in [-0.05, 0) is 85.5 Å². The highest BCUT2D eigenvalue weighted by Crippen LogP contribution is 2.38. The van der Waals surface area contributed by atoms with Crippen LogP contribution in [0, 0.1) is 37.5 Å². The van der Waals surface area contributed by atoms with E-state index in [1.807, 2.05) is 0 Å². The SMILES string of the molecule is CC1CCC(CC2CCC(C)CC2)CC1.CCc1cccc(CC)c1.Cc1ccc(Cc2ccc(C)cc2)cc1. The van der Waals surface area contributed by atoms with Crippen LogP contribution in [0.1, 0.15) is 119 Å². The summed E-state index contributed by atoms with van der Waals surface area (Å²) in [5.74, 6) is 4.24. The Balaban J connectivity index is 0.000000169. The molecule has 3 aromatic carbocycles. The fourth-order valence-corrected chi connectivity index (χ4v) is 6.32. The first-order chi connectivity index (χ1) is 19.3. The van der Waals surface area contributed by atoms with Gasteiger partial charge in [-0.2, -0.15) is 0 Å². The minimum atomic E-state index is 1.02. The van der Waals surface area contributed by atoms with Gasteiger partial charge in [-0.15, -0.1) is 0 Å². The van der Waals surface area contributed by atoms with Gasteiger partial charge in [-0.3, -0.25) is 0 Å². The summed E-state index contributed by atoms with van der Waals surface area (Å²) in [6.45, 7) is 13.5. The molecule has 2 aliphatic carbocycles. The Bertz CT molecular complexity index is 975. The number of hydrogen-bond acceptors (Lipinski definition) is 0. The molecule has 2 fully saturated rings. The smallest absolute Gasteiger partial charge is 0.00258 e. The Kier molecular flexibility index (Phi) is 14.1. The molecule has 0 aromatic heterocycles. The van der Waals surface area contributed by atoms with E-state index in [1.54, 1.807) is 6.42 Å². The second-order valence-electron chi connectivity index (χ2n) is 13.2. The molecule has 2 saturated carbocycles. The number of rotatable bonds is 6. The molecule has 0 bridgehead atoms. The van der Waals surface area contributed by atoms with Crippen LogP contribution in [0.3, 0.4) is 0 Å². The van der Waals surface area contributed by atoms with Crippen LogP contribution in [0.2, 0.25) is 0 Å². The lowest BCUT2D eigenvalue weighted by molar-refractivity contribution is 0.201. The van der Waals surface area contributed by atoms with Gasteiger partial charge in [0.05, 0.1) is 0 Å². The van der Waals surface area contributed by atoms with Crippen LogP contribution in [0.5, 0.6) is 0 Å². The quantitative estimate of drug-likeness (QED) is 0.293. The van der Waals surface area contributed by atoms with Crippen molar-refractivity contribution < 1.29 is 0 Å². The van der Waals surface area contributed by atoms with Crippen molar-refractivity contribution in [1.82, 2.24) is 0 Å². The molecule has 0 saturated heterocycles. The molecule has 2 aliphatic rings.